The van der Waals surface area contributed by atoms with E-state index in [0.29, 0.717) is 0 Å². The lowest BCUT2D eigenvalue weighted by molar-refractivity contribution is 0.669. The average molecular weight is 1270 g/mol. The van der Waals surface area contributed by atoms with E-state index in [4.69, 9.17) is 38.2 Å². The van der Waals surface area contributed by atoms with Crippen molar-refractivity contribution >= 4 is 98.8 Å². The molecular weight excluding hydrogens is 1210 g/mol. The molecule has 0 fully saturated rings. The average Bonchev–Trinajstić information content (AvgIpc) is 1.75. The van der Waals surface area contributed by atoms with Crippen LogP contribution in [0.5, 0.6) is 0 Å². The predicted molar refractivity (Wildman–Crippen MR) is 404 cm³/mol. The van der Waals surface area contributed by atoms with Gasteiger partial charge in [-0.25, -0.2) is 24.9 Å². The fraction of sp³-hybridized carbons (Fsp3) is 0. The van der Waals surface area contributed by atoms with Gasteiger partial charge in [0.1, 0.15) is 33.5 Å². The smallest absolute Gasteiger partial charge is 0.144 e. The second-order valence-corrected chi connectivity index (χ2v) is 24.3. The summed E-state index contributed by atoms with van der Waals surface area (Å²) in [5, 5.41) is 7.73. The van der Waals surface area contributed by atoms with Crippen molar-refractivity contribution in [3.63, 3.8) is 0 Å². The van der Waals surface area contributed by atoms with Gasteiger partial charge in [0, 0.05) is 94.0 Å². The van der Waals surface area contributed by atoms with E-state index in [1.165, 1.54) is 0 Å². The Morgan fingerprint density at radius 3 is 1.11 bits per heavy atom. The lowest BCUT2D eigenvalue weighted by Crippen LogP contribution is -1.97. The number of aromatic nitrogens is 6. The van der Waals surface area contributed by atoms with Crippen LogP contribution in [0.3, 0.4) is 0 Å². The van der Waals surface area contributed by atoms with Crippen molar-refractivity contribution in [1.29, 1.82) is 0 Å². The molecule has 0 amide bonds. The molecule has 0 unspecified atom stereocenters. The number of hydrogen-bond acceptors (Lipinski definition) is 9. The minimum atomic E-state index is 0.856. The van der Waals surface area contributed by atoms with Crippen molar-refractivity contribution < 1.29 is 13.3 Å². The number of para-hydroxylation sites is 7. The second kappa shape index (κ2) is 25.0. The van der Waals surface area contributed by atoms with Crippen LogP contribution in [-0.2, 0) is 0 Å². The maximum Gasteiger partial charge on any atom is 0.144 e. The quantitative estimate of drug-likeness (QED) is 0.147. The molecule has 0 radical (unpaired) electrons. The lowest BCUT2D eigenvalue weighted by Gasteiger charge is -2.13. The molecule has 7 aromatic heterocycles. The number of benzene rings is 13. The van der Waals surface area contributed by atoms with Crippen LogP contribution in [0.4, 0.5) is 0 Å². The maximum atomic E-state index is 6.35. The molecule has 0 atom stereocenters. The van der Waals surface area contributed by atoms with E-state index in [2.05, 4.69) is 169 Å². The largest absolute Gasteiger partial charge is 0.455 e. The molecule has 99 heavy (non-hydrogen) atoms. The van der Waals surface area contributed by atoms with Gasteiger partial charge in [0.15, 0.2) is 0 Å². The van der Waals surface area contributed by atoms with E-state index >= 15 is 0 Å². The van der Waals surface area contributed by atoms with Crippen LogP contribution in [0.2, 0.25) is 0 Å². The molecule has 0 aliphatic heterocycles. The SMILES string of the molecule is c1ccc(-c2nc(-c3cccc4c3oc3ccccc34)cc3ncccc23)cc1.c1ccc(-c2nc3ccc(-c4cccc5c4oc4ccccc45)cc3nc2-c2ccccc2)cc1.c1ccc(-c2nc3cccc(-c4cccc5c4oc4ccccc45)c3nc2-c2ccccc2)cc1. The fourth-order valence-electron chi connectivity index (χ4n) is 13.6. The first-order valence-electron chi connectivity index (χ1n) is 33.0. The summed E-state index contributed by atoms with van der Waals surface area (Å²) in [5.74, 6) is 0. The molecule has 0 aliphatic rings. The van der Waals surface area contributed by atoms with Gasteiger partial charge in [-0.1, -0.05) is 273 Å². The fourth-order valence-corrected chi connectivity index (χ4v) is 13.6. The Morgan fingerprint density at radius 1 is 0.202 bits per heavy atom. The topological polar surface area (TPSA) is 117 Å². The van der Waals surface area contributed by atoms with Crippen molar-refractivity contribution in [2.45, 2.75) is 0 Å². The summed E-state index contributed by atoms with van der Waals surface area (Å²) in [7, 11) is 0. The van der Waals surface area contributed by atoms with E-state index in [-0.39, 0.29) is 0 Å². The first-order chi connectivity index (χ1) is 49.1. The van der Waals surface area contributed by atoms with Gasteiger partial charge < -0.3 is 13.3 Å². The number of nitrogens with zero attached hydrogens (tertiary/aromatic N) is 6. The second-order valence-electron chi connectivity index (χ2n) is 24.3. The summed E-state index contributed by atoms with van der Waals surface area (Å²) >= 11 is 0. The van der Waals surface area contributed by atoms with E-state index in [1.807, 2.05) is 176 Å². The summed E-state index contributed by atoms with van der Waals surface area (Å²) in [6, 6.07) is 113. The monoisotopic (exact) mass is 1270 g/mol. The van der Waals surface area contributed by atoms with Gasteiger partial charge in [0.25, 0.3) is 0 Å². The van der Waals surface area contributed by atoms with Crippen LogP contribution in [-0.4, -0.2) is 29.9 Å². The van der Waals surface area contributed by atoms with E-state index in [1.54, 1.807) is 0 Å². The molecule has 20 rings (SSSR count). The molecular formula is C90H56N6O3. The summed E-state index contributed by atoms with van der Waals surface area (Å²) in [6.07, 6.45) is 1.82. The van der Waals surface area contributed by atoms with Crippen molar-refractivity contribution in [3.8, 4) is 89.8 Å². The van der Waals surface area contributed by atoms with E-state index in [9.17, 15) is 0 Å². The van der Waals surface area contributed by atoms with Gasteiger partial charge in [-0.05, 0) is 66.2 Å². The molecule has 0 saturated carbocycles. The van der Waals surface area contributed by atoms with Gasteiger partial charge in [-0.15, -0.1) is 0 Å². The number of rotatable bonds is 8. The highest BCUT2D eigenvalue weighted by Crippen LogP contribution is 2.43. The zero-order valence-corrected chi connectivity index (χ0v) is 53.2. The highest BCUT2D eigenvalue weighted by atomic mass is 16.3. The van der Waals surface area contributed by atoms with Gasteiger partial charge in [-0.3, -0.25) is 4.98 Å². The maximum absolute atomic E-state index is 6.35. The molecule has 9 nitrogen and oxygen atoms in total. The van der Waals surface area contributed by atoms with Crippen LogP contribution in [0.15, 0.2) is 353 Å². The molecule has 0 saturated heterocycles. The number of furan rings is 3. The molecule has 0 spiro atoms. The molecule has 0 bridgehead atoms. The highest BCUT2D eigenvalue weighted by molar-refractivity contribution is 6.13. The zero-order valence-electron chi connectivity index (χ0n) is 53.2. The molecule has 20 aromatic rings. The highest BCUT2D eigenvalue weighted by Gasteiger charge is 2.22. The molecule has 0 aliphatic carbocycles. The lowest BCUT2D eigenvalue weighted by atomic mass is 9.99. The molecule has 0 N–H and O–H groups in total. The zero-order chi connectivity index (χ0) is 65.6. The summed E-state index contributed by atoms with van der Waals surface area (Å²) < 4.78 is 18.9. The van der Waals surface area contributed by atoms with Crippen molar-refractivity contribution in [2.75, 3.05) is 0 Å². The summed E-state index contributed by atoms with van der Waals surface area (Å²) in [5.41, 5.74) is 25.3. The van der Waals surface area contributed by atoms with Crippen molar-refractivity contribution in [3.05, 3.63) is 340 Å². The van der Waals surface area contributed by atoms with Crippen LogP contribution < -0.4 is 0 Å². The Balaban J connectivity index is 0.000000108. The molecule has 464 valence electrons. The molecule has 9 heteroatoms. The van der Waals surface area contributed by atoms with E-state index in [0.717, 1.165) is 189 Å². The van der Waals surface area contributed by atoms with Crippen LogP contribution in [0.1, 0.15) is 0 Å². The van der Waals surface area contributed by atoms with Crippen molar-refractivity contribution in [2.24, 2.45) is 0 Å². The van der Waals surface area contributed by atoms with Gasteiger partial charge in [0.05, 0.1) is 61.7 Å². The Kier molecular flexibility index (Phi) is 14.7. The molecule has 7 heterocycles. The minimum Gasteiger partial charge on any atom is -0.455 e. The Bertz CT molecular complexity index is 6370. The minimum absolute atomic E-state index is 0.856. The summed E-state index contributed by atoms with van der Waals surface area (Å²) in [4.78, 5) is 30.3. The first kappa shape index (κ1) is 58.1. The van der Waals surface area contributed by atoms with Gasteiger partial charge >= 0.3 is 0 Å². The predicted octanol–water partition coefficient (Wildman–Crippen LogP) is 23.9. The van der Waals surface area contributed by atoms with Crippen LogP contribution in [0.25, 0.3) is 189 Å². The Labute approximate surface area is 568 Å². The van der Waals surface area contributed by atoms with Gasteiger partial charge in [-0.2, -0.15) is 0 Å². The first-order valence-corrected chi connectivity index (χ1v) is 33.0. The summed E-state index contributed by atoms with van der Waals surface area (Å²) in [6.45, 7) is 0. The third-order valence-corrected chi connectivity index (χ3v) is 18.3. The number of fused-ring (bicyclic) bond motifs is 12. The number of hydrogen-bond donors (Lipinski definition) is 0. The third kappa shape index (κ3) is 10.7. The molecule has 13 aromatic carbocycles. The van der Waals surface area contributed by atoms with Gasteiger partial charge in [0.2, 0.25) is 0 Å². The standard InChI is InChI=1S/2C32H20N2O.C26H16N2O/c1-3-11-21(12-4-1)29-30(22-13-5-2-6-14-22)34-31-24(16-10-19-27(31)33-29)26-18-9-17-25-23-15-7-8-20-28(23)35-32(25)26;1-3-10-21(11-4-1)30-31(22-12-5-2-6-13-22)34-28-20-23(18-19-27(28)33-30)24-15-9-16-26-25-14-7-8-17-29(25)35-32(24)26;1-2-8-17(9-3-1)25-20-13-7-15-27-22(20)16-23(28-25)21-12-6-11-19-18-10-4-5-14-24(18)29-26(19)21/h2*1-20H;1-16H. The Morgan fingerprint density at radius 2 is 0.586 bits per heavy atom. The normalized spacial score (nSPS) is 11.4. The Hall–Kier alpha value is -13.5. The number of pyridine rings is 2. The third-order valence-electron chi connectivity index (χ3n) is 18.3. The van der Waals surface area contributed by atoms with Crippen LogP contribution in [0, 0.1) is 0 Å². The van der Waals surface area contributed by atoms with Crippen molar-refractivity contribution in [1.82, 2.24) is 29.9 Å². The van der Waals surface area contributed by atoms with E-state index < -0.39 is 0 Å². The van der Waals surface area contributed by atoms with Crippen LogP contribution >= 0.6 is 0 Å².